The number of esters is 1. The van der Waals surface area contributed by atoms with E-state index in [0.717, 1.165) is 16.7 Å². The fourth-order valence-corrected chi connectivity index (χ4v) is 4.32. The van der Waals surface area contributed by atoms with Crippen LogP contribution in [0.4, 0.5) is 14.4 Å². The first-order chi connectivity index (χ1) is 22.4. The van der Waals surface area contributed by atoms with Gasteiger partial charge in [0.15, 0.2) is 0 Å². The van der Waals surface area contributed by atoms with E-state index >= 15 is 0 Å². The molecule has 0 aromatic heterocycles. The summed E-state index contributed by atoms with van der Waals surface area (Å²) in [7, 11) is 1.30. The molecule has 3 aromatic rings. The molecule has 12 nitrogen and oxygen atoms in total. The average molecular weight is 635 g/mol. The molecule has 1 unspecified atom stereocenters. The highest BCUT2D eigenvalue weighted by atomic mass is 16.6. The second kappa shape index (κ2) is 20.8. The average Bonchev–Trinajstić information content (AvgIpc) is 3.09. The number of ether oxygens (including phenoxy) is 4. The molecule has 0 saturated heterocycles. The van der Waals surface area contributed by atoms with E-state index in [2.05, 4.69) is 16.0 Å². The van der Waals surface area contributed by atoms with Gasteiger partial charge in [0.2, 0.25) is 0 Å². The van der Waals surface area contributed by atoms with Crippen molar-refractivity contribution in [3.8, 4) is 0 Å². The number of alkyl carbamates (subject to hydrolysis) is 3. The summed E-state index contributed by atoms with van der Waals surface area (Å²) in [6, 6.07) is 27.4. The van der Waals surface area contributed by atoms with Crippen LogP contribution in [0.5, 0.6) is 0 Å². The van der Waals surface area contributed by atoms with Crippen LogP contribution >= 0.6 is 0 Å². The second-order valence-electron chi connectivity index (χ2n) is 10.3. The zero-order chi connectivity index (χ0) is 32.8. The smallest absolute Gasteiger partial charge is 0.407 e. The number of carbonyl (C=O) groups excluding carboxylic acids is 4. The largest absolute Gasteiger partial charge is 0.469 e. The van der Waals surface area contributed by atoms with Crippen LogP contribution < -0.4 is 16.0 Å². The molecular formula is C34H42N4O8. The third-order valence-corrected chi connectivity index (χ3v) is 6.76. The van der Waals surface area contributed by atoms with E-state index in [1.807, 2.05) is 95.9 Å². The summed E-state index contributed by atoms with van der Waals surface area (Å²) in [4.78, 5) is 51.2. The first-order valence-corrected chi connectivity index (χ1v) is 15.1. The molecule has 3 N–H and O–H groups in total. The molecule has 0 saturated carbocycles. The van der Waals surface area contributed by atoms with Crippen LogP contribution in [0.1, 0.15) is 29.5 Å². The third-order valence-electron chi connectivity index (χ3n) is 6.76. The van der Waals surface area contributed by atoms with E-state index in [9.17, 15) is 19.2 Å². The summed E-state index contributed by atoms with van der Waals surface area (Å²) in [6.45, 7) is 1.82. The number of nitrogens with one attached hydrogen (secondary N) is 3. The zero-order valence-electron chi connectivity index (χ0n) is 26.0. The molecule has 0 heterocycles. The summed E-state index contributed by atoms with van der Waals surface area (Å²) in [5.74, 6) is -0.415. The molecule has 46 heavy (non-hydrogen) atoms. The van der Waals surface area contributed by atoms with E-state index in [1.165, 1.54) is 7.11 Å². The molecule has 0 fully saturated rings. The van der Waals surface area contributed by atoms with Gasteiger partial charge in [-0.3, -0.25) is 9.69 Å². The lowest BCUT2D eigenvalue weighted by Gasteiger charge is -2.28. The van der Waals surface area contributed by atoms with Crippen molar-refractivity contribution in [3.05, 3.63) is 108 Å². The van der Waals surface area contributed by atoms with Gasteiger partial charge in [-0.25, -0.2) is 14.4 Å². The summed E-state index contributed by atoms with van der Waals surface area (Å²) < 4.78 is 20.8. The SMILES string of the molecule is COC(=O)CCC(CN(CCNC(=O)OCc1ccccc1)CCNC(=O)OCc1ccccc1)NC(=O)OCc1ccccc1. The monoisotopic (exact) mass is 634 g/mol. The maximum Gasteiger partial charge on any atom is 0.407 e. The fraction of sp³-hybridized carbons (Fsp3) is 0.353. The number of rotatable bonds is 18. The molecule has 0 aliphatic rings. The highest BCUT2D eigenvalue weighted by Crippen LogP contribution is 2.06. The lowest BCUT2D eigenvalue weighted by molar-refractivity contribution is -0.140. The number of benzene rings is 3. The first kappa shape index (κ1) is 35.4. The van der Waals surface area contributed by atoms with Gasteiger partial charge in [-0.2, -0.15) is 0 Å². The van der Waals surface area contributed by atoms with E-state index in [4.69, 9.17) is 18.9 Å². The van der Waals surface area contributed by atoms with Crippen LogP contribution in [-0.4, -0.2) is 75.0 Å². The minimum Gasteiger partial charge on any atom is -0.469 e. The minimum atomic E-state index is -0.635. The normalized spacial score (nSPS) is 11.2. The van der Waals surface area contributed by atoms with Crippen molar-refractivity contribution in [1.29, 1.82) is 0 Å². The van der Waals surface area contributed by atoms with Crippen molar-refractivity contribution in [3.63, 3.8) is 0 Å². The fourth-order valence-electron chi connectivity index (χ4n) is 4.32. The maximum atomic E-state index is 12.7. The predicted molar refractivity (Wildman–Crippen MR) is 171 cm³/mol. The Bertz CT molecular complexity index is 1270. The van der Waals surface area contributed by atoms with Gasteiger partial charge in [0.25, 0.3) is 0 Å². The van der Waals surface area contributed by atoms with Gasteiger partial charge in [-0.1, -0.05) is 91.0 Å². The Morgan fingerprint density at radius 1 is 0.630 bits per heavy atom. The molecule has 0 spiro atoms. The quantitative estimate of drug-likeness (QED) is 0.137. The van der Waals surface area contributed by atoms with Crippen molar-refractivity contribution in [1.82, 2.24) is 20.9 Å². The summed E-state index contributed by atoms with van der Waals surface area (Å²) in [5, 5.41) is 8.30. The summed E-state index contributed by atoms with van der Waals surface area (Å²) in [5.41, 5.74) is 2.56. The minimum absolute atomic E-state index is 0.0715. The highest BCUT2D eigenvalue weighted by Gasteiger charge is 2.20. The van der Waals surface area contributed by atoms with Crippen molar-refractivity contribution in [2.45, 2.75) is 38.7 Å². The second-order valence-corrected chi connectivity index (χ2v) is 10.3. The van der Waals surface area contributed by atoms with Gasteiger partial charge >= 0.3 is 24.2 Å². The van der Waals surface area contributed by atoms with Crippen molar-refractivity contribution < 1.29 is 38.1 Å². The Hall–Kier alpha value is -5.10. The van der Waals surface area contributed by atoms with Crippen molar-refractivity contribution in [2.24, 2.45) is 0 Å². The van der Waals surface area contributed by atoms with Gasteiger partial charge < -0.3 is 34.9 Å². The molecule has 3 amide bonds. The van der Waals surface area contributed by atoms with Gasteiger partial charge in [0, 0.05) is 45.2 Å². The number of hydrogen-bond acceptors (Lipinski definition) is 9. The van der Waals surface area contributed by atoms with Crippen LogP contribution in [0.3, 0.4) is 0 Å². The maximum absolute atomic E-state index is 12.7. The van der Waals surface area contributed by atoms with E-state index in [0.29, 0.717) is 19.6 Å². The van der Waals surface area contributed by atoms with Gasteiger partial charge in [-0.15, -0.1) is 0 Å². The van der Waals surface area contributed by atoms with Crippen molar-refractivity contribution in [2.75, 3.05) is 39.8 Å². The van der Waals surface area contributed by atoms with E-state index < -0.39 is 30.3 Å². The number of carbonyl (C=O) groups is 4. The molecule has 0 aliphatic carbocycles. The zero-order valence-corrected chi connectivity index (χ0v) is 26.0. The molecule has 246 valence electrons. The van der Waals surface area contributed by atoms with Crippen LogP contribution in [0.25, 0.3) is 0 Å². The van der Waals surface area contributed by atoms with Crippen molar-refractivity contribution >= 4 is 24.2 Å². The lowest BCUT2D eigenvalue weighted by Crippen LogP contribution is -2.48. The summed E-state index contributed by atoms with van der Waals surface area (Å²) in [6.07, 6.45) is -1.43. The molecule has 12 heteroatoms. The van der Waals surface area contributed by atoms with Gasteiger partial charge in [0.1, 0.15) is 19.8 Å². The Labute approximate surface area is 269 Å². The van der Waals surface area contributed by atoms with Crippen LogP contribution in [0.15, 0.2) is 91.0 Å². The number of hydrogen-bond donors (Lipinski definition) is 3. The third kappa shape index (κ3) is 15.1. The van der Waals surface area contributed by atoms with Gasteiger partial charge in [0.05, 0.1) is 7.11 Å². The first-order valence-electron chi connectivity index (χ1n) is 15.1. The van der Waals surface area contributed by atoms with Crippen LogP contribution in [0.2, 0.25) is 0 Å². The van der Waals surface area contributed by atoms with E-state index in [1.54, 1.807) is 0 Å². The molecule has 0 radical (unpaired) electrons. The summed E-state index contributed by atoms with van der Waals surface area (Å²) >= 11 is 0. The molecular weight excluding hydrogens is 592 g/mol. The Kier molecular flexibility index (Phi) is 16.0. The Balaban J connectivity index is 1.55. The highest BCUT2D eigenvalue weighted by molar-refractivity contribution is 5.70. The predicted octanol–water partition coefficient (Wildman–Crippen LogP) is 4.39. The molecule has 0 bridgehead atoms. The number of methoxy groups -OCH3 is 1. The lowest BCUT2D eigenvalue weighted by atomic mass is 10.1. The van der Waals surface area contributed by atoms with Gasteiger partial charge in [-0.05, 0) is 23.1 Å². The number of nitrogens with zero attached hydrogens (tertiary/aromatic N) is 1. The topological polar surface area (TPSA) is 145 Å². The number of amides is 3. The molecule has 3 rings (SSSR count). The van der Waals surface area contributed by atoms with Crippen LogP contribution in [-0.2, 0) is 43.6 Å². The van der Waals surface area contributed by atoms with Crippen LogP contribution in [0, 0.1) is 0 Å². The molecule has 3 aromatic carbocycles. The molecule has 1 atom stereocenters. The standard InChI is InChI=1S/C34H42N4O8/c1-43-31(39)18-17-30(37-34(42)46-26-29-15-9-4-10-16-29)23-38(21-19-35-32(40)44-24-27-11-5-2-6-12-27)22-20-36-33(41)45-25-28-13-7-3-8-14-28/h2-16,30H,17-26H2,1H3,(H,35,40)(H,36,41)(H,37,42). The Morgan fingerprint density at radius 2 is 1.04 bits per heavy atom. The van der Waals surface area contributed by atoms with E-state index in [-0.39, 0.29) is 45.8 Å². The Morgan fingerprint density at radius 3 is 1.46 bits per heavy atom. The molecule has 0 aliphatic heterocycles.